The highest BCUT2D eigenvalue weighted by atomic mass is 32.2. The van der Waals surface area contributed by atoms with Crippen LogP contribution in [0.2, 0.25) is 0 Å². The van der Waals surface area contributed by atoms with Crippen molar-refractivity contribution >= 4 is 35.3 Å². The molecule has 9 heteroatoms. The summed E-state index contributed by atoms with van der Waals surface area (Å²) >= 11 is 1.59. The van der Waals surface area contributed by atoms with Crippen LogP contribution in [-0.4, -0.2) is 51.6 Å². The average Bonchev–Trinajstić information content (AvgIpc) is 3.48. The molecule has 2 aromatic heterocycles. The number of rotatable bonds is 11. The molecule has 200 valence electrons. The Hall–Kier alpha value is -4.24. The highest BCUT2D eigenvalue weighted by Gasteiger charge is 2.23. The SMILES string of the molecule is COC(=O)[C@H](CCSC)NC(=O)c1ccc(/C=C(\Cn2ccnc2)c2ccc(F)cc2)cc1-c1cccnc1. The summed E-state index contributed by atoms with van der Waals surface area (Å²) in [4.78, 5) is 34.1. The van der Waals surface area contributed by atoms with Crippen LogP contribution in [-0.2, 0) is 16.1 Å². The van der Waals surface area contributed by atoms with Crippen LogP contribution in [0.4, 0.5) is 4.39 Å². The van der Waals surface area contributed by atoms with Crippen LogP contribution in [0.5, 0.6) is 0 Å². The van der Waals surface area contributed by atoms with E-state index in [-0.39, 0.29) is 11.7 Å². The highest BCUT2D eigenvalue weighted by Crippen LogP contribution is 2.28. The molecule has 1 atom stereocenters. The molecule has 1 amide bonds. The topological polar surface area (TPSA) is 86.1 Å². The predicted molar refractivity (Wildman–Crippen MR) is 152 cm³/mol. The first-order chi connectivity index (χ1) is 19.0. The maximum Gasteiger partial charge on any atom is 0.328 e. The lowest BCUT2D eigenvalue weighted by molar-refractivity contribution is -0.142. The number of ether oxygens (including phenoxy) is 1. The number of carbonyl (C=O) groups excluding carboxylic acids is 2. The van der Waals surface area contributed by atoms with E-state index in [9.17, 15) is 14.0 Å². The van der Waals surface area contributed by atoms with Gasteiger partial charge in [0.1, 0.15) is 11.9 Å². The zero-order chi connectivity index (χ0) is 27.6. The summed E-state index contributed by atoms with van der Waals surface area (Å²) in [5, 5.41) is 2.84. The Labute approximate surface area is 231 Å². The second-order valence-electron chi connectivity index (χ2n) is 8.79. The van der Waals surface area contributed by atoms with Gasteiger partial charge in [-0.1, -0.05) is 24.3 Å². The lowest BCUT2D eigenvalue weighted by atomic mass is 9.95. The van der Waals surface area contributed by atoms with Gasteiger partial charge in [-0.05, 0) is 77.1 Å². The Morgan fingerprint density at radius 2 is 1.95 bits per heavy atom. The number of thioether (sulfide) groups is 1. The van der Waals surface area contributed by atoms with Crippen LogP contribution in [0, 0.1) is 5.82 Å². The number of nitrogens with zero attached hydrogens (tertiary/aromatic N) is 3. The monoisotopic (exact) mass is 544 g/mol. The molecule has 2 aromatic carbocycles. The van der Waals surface area contributed by atoms with Gasteiger partial charge in [-0.15, -0.1) is 0 Å². The maximum absolute atomic E-state index is 13.6. The molecule has 4 aromatic rings. The lowest BCUT2D eigenvalue weighted by Gasteiger charge is -2.18. The number of allylic oxidation sites excluding steroid dienone is 1. The molecule has 0 saturated heterocycles. The molecule has 0 radical (unpaired) electrons. The van der Waals surface area contributed by atoms with Gasteiger partial charge in [0.2, 0.25) is 0 Å². The van der Waals surface area contributed by atoms with Crippen molar-refractivity contribution in [3.05, 3.63) is 108 Å². The van der Waals surface area contributed by atoms with Crippen LogP contribution in [0.3, 0.4) is 0 Å². The van der Waals surface area contributed by atoms with Crippen molar-refractivity contribution in [2.75, 3.05) is 19.1 Å². The van der Waals surface area contributed by atoms with Gasteiger partial charge >= 0.3 is 5.97 Å². The van der Waals surface area contributed by atoms with E-state index in [0.29, 0.717) is 29.8 Å². The summed E-state index contributed by atoms with van der Waals surface area (Å²) in [6.45, 7) is 0.520. The van der Waals surface area contributed by atoms with Crippen molar-refractivity contribution in [1.82, 2.24) is 19.9 Å². The number of imidazole rings is 1. The molecule has 0 aliphatic rings. The zero-order valence-corrected chi connectivity index (χ0v) is 22.5. The number of aromatic nitrogens is 3. The number of nitrogens with one attached hydrogen (secondary N) is 1. The van der Waals surface area contributed by atoms with Gasteiger partial charge in [0.05, 0.1) is 13.4 Å². The summed E-state index contributed by atoms with van der Waals surface area (Å²) in [6.07, 6.45) is 13.1. The third-order valence-corrected chi connectivity index (χ3v) is 6.77. The lowest BCUT2D eigenvalue weighted by Crippen LogP contribution is -2.42. The van der Waals surface area contributed by atoms with Gasteiger partial charge in [-0.3, -0.25) is 9.78 Å². The normalized spacial score (nSPS) is 12.1. The van der Waals surface area contributed by atoms with Crippen molar-refractivity contribution in [2.45, 2.75) is 19.0 Å². The maximum atomic E-state index is 13.6. The van der Waals surface area contributed by atoms with Crippen LogP contribution in [0.15, 0.2) is 85.7 Å². The fourth-order valence-corrected chi connectivity index (χ4v) is 4.61. The van der Waals surface area contributed by atoms with E-state index < -0.39 is 12.0 Å². The summed E-state index contributed by atoms with van der Waals surface area (Å²) in [6, 6.07) is 14.8. The standard InChI is InChI=1S/C30H29FN4O3S/c1-38-30(37)28(11-15-39-2)34-29(36)26-10-5-21(17-27(26)23-4-3-12-32-18-23)16-24(19-35-14-13-33-20-35)22-6-8-25(31)9-7-22/h3-10,12-14,16-18,20,28H,11,15,19H2,1-2H3,(H,34,36)/b24-16+/t28-/m0/s1. The van der Waals surface area contributed by atoms with Crippen molar-refractivity contribution < 1.29 is 18.7 Å². The van der Waals surface area contributed by atoms with Gasteiger partial charge in [-0.25, -0.2) is 14.2 Å². The first kappa shape index (κ1) is 27.8. The van der Waals surface area contributed by atoms with E-state index in [1.165, 1.54) is 19.2 Å². The van der Waals surface area contributed by atoms with Gasteiger partial charge in [0.15, 0.2) is 0 Å². The van der Waals surface area contributed by atoms with Crippen molar-refractivity contribution in [2.24, 2.45) is 0 Å². The molecule has 7 nitrogen and oxygen atoms in total. The van der Waals surface area contributed by atoms with E-state index in [1.807, 2.05) is 41.3 Å². The summed E-state index contributed by atoms with van der Waals surface area (Å²) in [5.74, 6) is -0.471. The number of methoxy groups -OCH3 is 1. The van der Waals surface area contributed by atoms with Gasteiger partial charge in [0, 0.05) is 42.5 Å². The Bertz CT molecular complexity index is 1420. The van der Waals surface area contributed by atoms with Crippen LogP contribution in [0.1, 0.15) is 27.9 Å². The van der Waals surface area contributed by atoms with Gasteiger partial charge < -0.3 is 14.6 Å². The van der Waals surface area contributed by atoms with Crippen molar-refractivity contribution in [1.29, 1.82) is 0 Å². The molecule has 2 heterocycles. The molecule has 4 rings (SSSR count). The highest BCUT2D eigenvalue weighted by molar-refractivity contribution is 7.98. The van der Waals surface area contributed by atoms with E-state index >= 15 is 0 Å². The first-order valence-electron chi connectivity index (χ1n) is 12.3. The third kappa shape index (κ3) is 7.42. The Morgan fingerprint density at radius 1 is 1.13 bits per heavy atom. The molecule has 0 fully saturated rings. The Balaban J connectivity index is 1.74. The van der Waals surface area contributed by atoms with Crippen molar-refractivity contribution in [3.8, 4) is 11.1 Å². The van der Waals surface area contributed by atoms with Crippen LogP contribution in [0.25, 0.3) is 22.8 Å². The molecule has 0 aliphatic carbocycles. The number of halogens is 1. The van der Waals surface area contributed by atoms with Gasteiger partial charge in [0.25, 0.3) is 5.91 Å². The number of esters is 1. The second-order valence-corrected chi connectivity index (χ2v) is 9.77. The summed E-state index contributed by atoms with van der Waals surface area (Å²) in [7, 11) is 1.31. The van der Waals surface area contributed by atoms with E-state index in [2.05, 4.69) is 15.3 Å². The molecular formula is C30H29FN4O3S. The first-order valence-corrected chi connectivity index (χ1v) is 13.7. The number of hydrogen-bond donors (Lipinski definition) is 1. The molecule has 39 heavy (non-hydrogen) atoms. The van der Waals surface area contributed by atoms with Crippen molar-refractivity contribution in [3.63, 3.8) is 0 Å². The molecule has 0 saturated carbocycles. The molecule has 0 spiro atoms. The molecule has 1 N–H and O–H groups in total. The predicted octanol–water partition coefficient (Wildman–Crippen LogP) is 5.35. The Morgan fingerprint density at radius 3 is 2.62 bits per heavy atom. The zero-order valence-electron chi connectivity index (χ0n) is 21.7. The molecular weight excluding hydrogens is 515 g/mol. The van der Waals surface area contributed by atoms with E-state index in [4.69, 9.17) is 4.74 Å². The van der Waals surface area contributed by atoms with Gasteiger partial charge in [-0.2, -0.15) is 11.8 Å². The summed E-state index contributed by atoms with van der Waals surface area (Å²) < 4.78 is 20.5. The number of benzene rings is 2. The number of amides is 1. The van der Waals surface area contributed by atoms with E-state index in [0.717, 1.165) is 22.3 Å². The molecule has 0 unspecified atom stereocenters. The number of hydrogen-bond acceptors (Lipinski definition) is 6. The minimum absolute atomic E-state index is 0.308. The number of pyridine rings is 1. The minimum Gasteiger partial charge on any atom is -0.467 e. The average molecular weight is 545 g/mol. The Kier molecular flexibility index (Phi) is 9.64. The number of carbonyl (C=O) groups is 2. The quantitative estimate of drug-likeness (QED) is 0.202. The third-order valence-electron chi connectivity index (χ3n) is 6.13. The fraction of sp³-hybridized carbons (Fsp3) is 0.200. The van der Waals surface area contributed by atoms with Crippen LogP contribution < -0.4 is 5.32 Å². The molecule has 0 bridgehead atoms. The summed E-state index contributed by atoms with van der Waals surface area (Å²) in [5.41, 5.74) is 4.49. The smallest absolute Gasteiger partial charge is 0.328 e. The molecule has 0 aliphatic heterocycles. The largest absolute Gasteiger partial charge is 0.467 e. The minimum atomic E-state index is -0.753. The van der Waals surface area contributed by atoms with Crippen LogP contribution >= 0.6 is 11.8 Å². The van der Waals surface area contributed by atoms with E-state index in [1.54, 1.807) is 60.9 Å². The second kappa shape index (κ2) is 13.5. The fourth-order valence-electron chi connectivity index (χ4n) is 4.14.